The second-order valence-corrected chi connectivity index (χ2v) is 6.35. The van der Waals surface area contributed by atoms with Crippen LogP contribution in [0.2, 0.25) is 0 Å². The minimum Gasteiger partial charge on any atom is -0.486 e. The highest BCUT2D eigenvalue weighted by Crippen LogP contribution is 2.37. The molecule has 3 aromatic rings. The second-order valence-electron chi connectivity index (χ2n) is 6.35. The van der Waals surface area contributed by atoms with Crippen LogP contribution in [0.4, 0.5) is 5.82 Å². The molecule has 0 spiro atoms. The summed E-state index contributed by atoms with van der Waals surface area (Å²) in [5.41, 5.74) is 9.82. The summed E-state index contributed by atoms with van der Waals surface area (Å²) in [6.07, 6.45) is 5.65. The molecule has 1 fully saturated rings. The van der Waals surface area contributed by atoms with Crippen molar-refractivity contribution in [1.82, 2.24) is 20.3 Å². The van der Waals surface area contributed by atoms with Gasteiger partial charge in [0, 0.05) is 11.6 Å². The zero-order valence-corrected chi connectivity index (χ0v) is 13.7. The number of ether oxygens (including phenoxy) is 1. The van der Waals surface area contributed by atoms with Crippen LogP contribution in [0.1, 0.15) is 25.3 Å². The smallest absolute Gasteiger partial charge is 0.171 e. The van der Waals surface area contributed by atoms with Gasteiger partial charge in [0.1, 0.15) is 11.8 Å². The molecule has 24 heavy (non-hydrogen) atoms. The van der Waals surface area contributed by atoms with E-state index in [2.05, 4.69) is 32.9 Å². The molecule has 4 N–H and O–H groups in total. The third kappa shape index (κ3) is 2.49. The van der Waals surface area contributed by atoms with Gasteiger partial charge in [0.25, 0.3) is 0 Å². The molecule has 0 radical (unpaired) electrons. The quantitative estimate of drug-likeness (QED) is 0.690. The number of nitrogens with one attached hydrogen (secondary N) is 2. The summed E-state index contributed by atoms with van der Waals surface area (Å²) >= 11 is 0. The average molecular weight is 323 g/mol. The van der Waals surface area contributed by atoms with E-state index in [1.54, 1.807) is 6.20 Å². The van der Waals surface area contributed by atoms with Crippen LogP contribution in [0.3, 0.4) is 0 Å². The summed E-state index contributed by atoms with van der Waals surface area (Å²) in [4.78, 5) is 12.1. The van der Waals surface area contributed by atoms with Crippen molar-refractivity contribution in [2.75, 3.05) is 18.8 Å². The summed E-state index contributed by atoms with van der Waals surface area (Å²) in [6.45, 7) is 7.90. The molecular weight excluding hydrogens is 302 g/mol. The number of aromatic amines is 1. The Bertz CT molecular complexity index is 924. The second kappa shape index (κ2) is 5.79. The van der Waals surface area contributed by atoms with Crippen molar-refractivity contribution >= 4 is 33.3 Å². The number of nitrogens with zero attached hydrogens (tertiary/aromatic N) is 2. The van der Waals surface area contributed by atoms with Crippen molar-refractivity contribution in [3.05, 3.63) is 30.6 Å². The van der Waals surface area contributed by atoms with Gasteiger partial charge in [0.15, 0.2) is 11.6 Å². The summed E-state index contributed by atoms with van der Waals surface area (Å²) in [6, 6.07) is 2.08. The maximum Gasteiger partial charge on any atom is 0.171 e. The van der Waals surface area contributed by atoms with Gasteiger partial charge in [-0.1, -0.05) is 6.58 Å². The maximum atomic E-state index is 6.27. The fourth-order valence-corrected chi connectivity index (χ4v) is 3.18. The van der Waals surface area contributed by atoms with Crippen LogP contribution in [0.25, 0.3) is 27.5 Å². The van der Waals surface area contributed by atoms with Crippen LogP contribution in [-0.4, -0.2) is 34.1 Å². The molecule has 1 aliphatic rings. The lowest BCUT2D eigenvalue weighted by Crippen LogP contribution is -2.34. The first kappa shape index (κ1) is 15.0. The zero-order valence-electron chi connectivity index (χ0n) is 13.7. The van der Waals surface area contributed by atoms with Gasteiger partial charge in [-0.25, -0.2) is 9.97 Å². The van der Waals surface area contributed by atoms with E-state index in [1.165, 1.54) is 0 Å². The van der Waals surface area contributed by atoms with E-state index in [0.29, 0.717) is 11.6 Å². The number of nitrogens with two attached hydrogens (primary N) is 1. The average Bonchev–Trinajstić information content (AvgIpc) is 2.96. The molecule has 4 rings (SSSR count). The molecule has 0 saturated carbocycles. The van der Waals surface area contributed by atoms with Crippen LogP contribution < -0.4 is 15.8 Å². The highest BCUT2D eigenvalue weighted by Gasteiger charge is 2.20. The van der Waals surface area contributed by atoms with E-state index in [-0.39, 0.29) is 6.10 Å². The van der Waals surface area contributed by atoms with Gasteiger partial charge in [-0.05, 0) is 50.1 Å². The number of piperidine rings is 1. The van der Waals surface area contributed by atoms with Crippen LogP contribution in [-0.2, 0) is 0 Å². The molecule has 4 heterocycles. The Morgan fingerprint density at radius 2 is 2.08 bits per heavy atom. The molecule has 0 bridgehead atoms. The summed E-state index contributed by atoms with van der Waals surface area (Å²) < 4.78 is 6.27. The number of H-pyrrole nitrogens is 1. The highest BCUT2D eigenvalue weighted by atomic mass is 16.5. The van der Waals surface area contributed by atoms with Crippen molar-refractivity contribution < 1.29 is 4.74 Å². The number of pyridine rings is 2. The minimum absolute atomic E-state index is 0.156. The van der Waals surface area contributed by atoms with Gasteiger partial charge in [-0.3, -0.25) is 0 Å². The lowest BCUT2D eigenvalue weighted by atomic mass is 10.1. The number of allylic oxidation sites excluding steroid dienone is 1. The van der Waals surface area contributed by atoms with Crippen molar-refractivity contribution in [3.8, 4) is 5.75 Å². The van der Waals surface area contributed by atoms with Crippen molar-refractivity contribution in [2.45, 2.75) is 25.9 Å². The molecule has 0 aliphatic carbocycles. The molecular formula is C18H21N5O. The predicted octanol–water partition coefficient (Wildman–Crippen LogP) is 2.86. The van der Waals surface area contributed by atoms with Crippen LogP contribution in [0.15, 0.2) is 25.0 Å². The Balaban J connectivity index is 1.89. The third-order valence-electron chi connectivity index (χ3n) is 4.54. The minimum atomic E-state index is 0.156. The monoisotopic (exact) mass is 323 g/mol. The normalized spacial score (nSPS) is 15.9. The Hall–Kier alpha value is -2.60. The Morgan fingerprint density at radius 1 is 1.29 bits per heavy atom. The van der Waals surface area contributed by atoms with Gasteiger partial charge in [-0.2, -0.15) is 0 Å². The first-order chi connectivity index (χ1) is 11.6. The van der Waals surface area contributed by atoms with E-state index in [1.807, 2.05) is 13.1 Å². The molecule has 0 unspecified atom stereocenters. The Labute approximate surface area is 140 Å². The molecule has 1 aliphatic heterocycles. The number of rotatable bonds is 3. The Kier molecular flexibility index (Phi) is 3.61. The molecule has 3 aromatic heterocycles. The molecule has 6 nitrogen and oxygen atoms in total. The van der Waals surface area contributed by atoms with Gasteiger partial charge < -0.3 is 20.8 Å². The van der Waals surface area contributed by atoms with E-state index < -0.39 is 0 Å². The maximum absolute atomic E-state index is 6.27. The number of aromatic nitrogens is 3. The van der Waals surface area contributed by atoms with E-state index >= 15 is 0 Å². The van der Waals surface area contributed by atoms with Crippen LogP contribution in [0.5, 0.6) is 5.75 Å². The summed E-state index contributed by atoms with van der Waals surface area (Å²) in [7, 11) is 0. The lowest BCUT2D eigenvalue weighted by Gasteiger charge is -2.24. The van der Waals surface area contributed by atoms with E-state index in [0.717, 1.165) is 59.0 Å². The highest BCUT2D eigenvalue weighted by molar-refractivity contribution is 6.11. The third-order valence-corrected chi connectivity index (χ3v) is 4.54. The van der Waals surface area contributed by atoms with E-state index in [4.69, 9.17) is 10.5 Å². The molecule has 0 atom stereocenters. The molecule has 6 heteroatoms. The SMILES string of the molecule is C=C(C)c1cnc2[nH]c3cnc(N)c(OC4CCNCC4)c3c2c1. The fraction of sp³-hybridized carbons (Fsp3) is 0.333. The van der Waals surface area contributed by atoms with Gasteiger partial charge >= 0.3 is 0 Å². The van der Waals surface area contributed by atoms with Gasteiger partial charge in [0.2, 0.25) is 0 Å². The largest absolute Gasteiger partial charge is 0.486 e. The van der Waals surface area contributed by atoms with Crippen LogP contribution in [0, 0.1) is 0 Å². The number of fused-ring (bicyclic) bond motifs is 3. The molecule has 0 amide bonds. The van der Waals surface area contributed by atoms with Gasteiger partial charge in [0.05, 0.1) is 17.1 Å². The zero-order chi connectivity index (χ0) is 16.7. The van der Waals surface area contributed by atoms with Gasteiger partial charge in [-0.15, -0.1) is 0 Å². The number of hydrogen-bond donors (Lipinski definition) is 3. The molecule has 124 valence electrons. The first-order valence-corrected chi connectivity index (χ1v) is 8.22. The molecule has 1 saturated heterocycles. The predicted molar refractivity (Wildman–Crippen MR) is 97.0 cm³/mol. The van der Waals surface area contributed by atoms with Crippen molar-refractivity contribution in [3.63, 3.8) is 0 Å². The lowest BCUT2D eigenvalue weighted by molar-refractivity contribution is 0.165. The first-order valence-electron chi connectivity index (χ1n) is 8.22. The Morgan fingerprint density at radius 3 is 2.83 bits per heavy atom. The van der Waals surface area contributed by atoms with Crippen molar-refractivity contribution in [2.24, 2.45) is 0 Å². The number of anilines is 1. The number of hydrogen-bond acceptors (Lipinski definition) is 5. The van der Waals surface area contributed by atoms with Crippen molar-refractivity contribution in [1.29, 1.82) is 0 Å². The summed E-state index contributed by atoms with van der Waals surface area (Å²) in [5.74, 6) is 1.08. The van der Waals surface area contributed by atoms with Crippen LogP contribution >= 0.6 is 0 Å². The van der Waals surface area contributed by atoms with E-state index in [9.17, 15) is 0 Å². The summed E-state index contributed by atoms with van der Waals surface area (Å²) in [5, 5.41) is 5.28. The fourth-order valence-electron chi connectivity index (χ4n) is 3.18. The number of nitrogen functional groups attached to an aromatic ring is 1. The standard InChI is InChI=1S/C18H21N5O/c1-10(2)11-7-13-15-14(23-18(13)22-8-11)9-21-17(19)16(15)24-12-3-5-20-6-4-12/h7-9,12,20H,1,3-6H2,2H3,(H2,19,21)(H,22,23). The topological polar surface area (TPSA) is 88.9 Å². The molecule has 0 aromatic carbocycles.